The van der Waals surface area contributed by atoms with E-state index in [0.29, 0.717) is 25.9 Å². The predicted octanol–water partition coefficient (Wildman–Crippen LogP) is 4.02. The lowest BCUT2D eigenvalue weighted by Crippen LogP contribution is -2.48. The molecule has 1 unspecified atom stereocenters. The minimum Gasteiger partial charge on any atom is -0.391 e. The SMILES string of the molecule is CCCN(CCC)C(=O)C1=CC(C(N)=O)=CC(C[C@@H](O)[C@@H](N)Cc2cccc(C(F)(F)F)c2)(C(=O)NCc2ccccc2)C1. The minimum atomic E-state index is -4.55. The van der Waals surface area contributed by atoms with Gasteiger partial charge in [0, 0.05) is 36.8 Å². The van der Waals surface area contributed by atoms with Crippen molar-refractivity contribution in [2.75, 3.05) is 13.1 Å². The maximum atomic E-state index is 14.0. The van der Waals surface area contributed by atoms with Gasteiger partial charge in [0.05, 0.1) is 17.1 Å². The van der Waals surface area contributed by atoms with Crippen LogP contribution in [0.4, 0.5) is 13.2 Å². The molecule has 3 amide bonds. The lowest BCUT2D eigenvalue weighted by atomic mass is 9.70. The summed E-state index contributed by atoms with van der Waals surface area (Å²) < 4.78 is 39.8. The van der Waals surface area contributed by atoms with E-state index in [1.807, 2.05) is 44.2 Å². The Morgan fingerprint density at radius 3 is 2.25 bits per heavy atom. The molecule has 2 aromatic carbocycles. The molecule has 0 saturated carbocycles. The zero-order chi connectivity index (χ0) is 32.5. The van der Waals surface area contributed by atoms with Crippen molar-refractivity contribution in [3.63, 3.8) is 0 Å². The van der Waals surface area contributed by atoms with E-state index >= 15 is 0 Å². The van der Waals surface area contributed by atoms with E-state index in [-0.39, 0.29) is 48.4 Å². The van der Waals surface area contributed by atoms with Crippen molar-refractivity contribution >= 4 is 17.7 Å². The van der Waals surface area contributed by atoms with Crippen molar-refractivity contribution in [2.45, 2.75) is 70.8 Å². The van der Waals surface area contributed by atoms with Crippen LogP contribution in [-0.2, 0) is 33.5 Å². The van der Waals surface area contributed by atoms with Gasteiger partial charge in [-0.2, -0.15) is 13.2 Å². The first-order valence-corrected chi connectivity index (χ1v) is 14.7. The number of hydrogen-bond donors (Lipinski definition) is 4. The molecular weight excluding hydrogens is 573 g/mol. The molecule has 238 valence electrons. The molecule has 44 heavy (non-hydrogen) atoms. The van der Waals surface area contributed by atoms with Gasteiger partial charge in [0.2, 0.25) is 17.7 Å². The van der Waals surface area contributed by atoms with Crippen LogP contribution in [-0.4, -0.2) is 53.0 Å². The van der Waals surface area contributed by atoms with Gasteiger partial charge in [-0.05, 0) is 55.4 Å². The zero-order valence-electron chi connectivity index (χ0n) is 25.1. The van der Waals surface area contributed by atoms with Crippen LogP contribution in [0.5, 0.6) is 0 Å². The third-order valence-corrected chi connectivity index (χ3v) is 7.64. The average molecular weight is 615 g/mol. The number of rotatable bonds is 14. The number of alkyl halides is 3. The van der Waals surface area contributed by atoms with Gasteiger partial charge >= 0.3 is 6.18 Å². The fraction of sp³-hybridized carbons (Fsp3) is 0.424. The topological polar surface area (TPSA) is 139 Å². The molecule has 0 saturated heterocycles. The third-order valence-electron chi connectivity index (χ3n) is 7.64. The molecule has 1 aliphatic carbocycles. The minimum absolute atomic E-state index is 0.0546. The fourth-order valence-corrected chi connectivity index (χ4v) is 5.44. The summed E-state index contributed by atoms with van der Waals surface area (Å²) in [6.45, 7) is 4.94. The Morgan fingerprint density at radius 1 is 1.02 bits per heavy atom. The first-order valence-electron chi connectivity index (χ1n) is 14.7. The lowest BCUT2D eigenvalue weighted by molar-refractivity contribution is -0.137. The van der Waals surface area contributed by atoms with Crippen molar-refractivity contribution in [1.29, 1.82) is 0 Å². The fourth-order valence-electron chi connectivity index (χ4n) is 5.44. The molecule has 3 atom stereocenters. The van der Waals surface area contributed by atoms with Crippen molar-refractivity contribution in [3.8, 4) is 0 Å². The normalized spacial score (nSPS) is 18.1. The number of nitrogens with two attached hydrogens (primary N) is 2. The molecule has 0 fully saturated rings. The number of carbonyl (C=O) groups is 3. The van der Waals surface area contributed by atoms with Crippen molar-refractivity contribution in [2.24, 2.45) is 16.9 Å². The first-order chi connectivity index (χ1) is 20.8. The van der Waals surface area contributed by atoms with Crippen molar-refractivity contribution < 1.29 is 32.7 Å². The van der Waals surface area contributed by atoms with E-state index in [0.717, 1.165) is 17.7 Å². The molecule has 0 aromatic heterocycles. The highest BCUT2D eigenvalue weighted by molar-refractivity contribution is 6.03. The van der Waals surface area contributed by atoms with Gasteiger partial charge in [0.1, 0.15) is 0 Å². The maximum Gasteiger partial charge on any atom is 0.416 e. The number of nitrogens with one attached hydrogen (secondary N) is 1. The number of aliphatic hydroxyl groups is 1. The highest BCUT2D eigenvalue weighted by Crippen LogP contribution is 2.40. The Morgan fingerprint density at radius 2 is 1.66 bits per heavy atom. The Hall–Kier alpha value is -3.96. The monoisotopic (exact) mass is 614 g/mol. The number of halogens is 3. The van der Waals surface area contributed by atoms with Crippen molar-refractivity contribution in [1.82, 2.24) is 10.2 Å². The van der Waals surface area contributed by atoms with Gasteiger partial charge in [0.15, 0.2) is 0 Å². The van der Waals surface area contributed by atoms with Crippen molar-refractivity contribution in [3.05, 3.63) is 94.6 Å². The Balaban J connectivity index is 1.97. The van der Waals surface area contributed by atoms with E-state index in [4.69, 9.17) is 11.5 Å². The summed E-state index contributed by atoms with van der Waals surface area (Å²) in [5.74, 6) is -1.75. The molecule has 0 spiro atoms. The molecule has 8 nitrogen and oxygen atoms in total. The summed E-state index contributed by atoms with van der Waals surface area (Å²) in [7, 11) is 0. The lowest BCUT2D eigenvalue weighted by Gasteiger charge is -2.37. The number of benzene rings is 2. The second-order valence-corrected chi connectivity index (χ2v) is 11.3. The van der Waals surface area contributed by atoms with Gasteiger partial charge in [-0.1, -0.05) is 68.5 Å². The number of carbonyl (C=O) groups excluding carboxylic acids is 3. The second kappa shape index (κ2) is 15.2. The number of primary amides is 1. The molecule has 2 aromatic rings. The molecule has 11 heteroatoms. The van der Waals surface area contributed by atoms with Gasteiger partial charge in [-0.25, -0.2) is 0 Å². The highest BCUT2D eigenvalue weighted by Gasteiger charge is 2.44. The van der Waals surface area contributed by atoms with Gasteiger partial charge in [-0.3, -0.25) is 14.4 Å². The van der Waals surface area contributed by atoms with Crippen LogP contribution in [0.3, 0.4) is 0 Å². The Bertz CT molecular complexity index is 1370. The van der Waals surface area contributed by atoms with Crippen LogP contribution >= 0.6 is 0 Å². The van der Waals surface area contributed by atoms with E-state index in [2.05, 4.69) is 5.32 Å². The van der Waals surface area contributed by atoms with Crippen LogP contribution in [0.1, 0.15) is 56.2 Å². The number of nitrogens with zero attached hydrogens (tertiary/aromatic N) is 1. The highest BCUT2D eigenvalue weighted by atomic mass is 19.4. The molecule has 3 rings (SSSR count). The average Bonchev–Trinajstić information content (AvgIpc) is 2.99. The molecular formula is C33H41F3N4O4. The van der Waals surface area contributed by atoms with Gasteiger partial charge in [0.25, 0.3) is 0 Å². The van der Waals surface area contributed by atoms with Crippen LogP contribution in [0.2, 0.25) is 0 Å². The molecule has 6 N–H and O–H groups in total. The van der Waals surface area contributed by atoms with Crippen LogP contribution in [0, 0.1) is 5.41 Å². The van der Waals surface area contributed by atoms with E-state index in [1.54, 1.807) is 4.90 Å². The summed E-state index contributed by atoms with van der Waals surface area (Å²) in [5, 5.41) is 14.2. The Kier molecular flexibility index (Phi) is 11.9. The third kappa shape index (κ3) is 9.03. The Labute approximate surface area is 256 Å². The largest absolute Gasteiger partial charge is 0.416 e. The van der Waals surface area contributed by atoms with E-state index < -0.39 is 41.1 Å². The molecule has 0 bridgehead atoms. The summed E-state index contributed by atoms with van der Waals surface area (Å²) in [6.07, 6.45) is -2.34. The molecule has 0 heterocycles. The van der Waals surface area contributed by atoms with Crippen LogP contribution < -0.4 is 16.8 Å². The summed E-state index contributed by atoms with van der Waals surface area (Å²) in [4.78, 5) is 41.8. The smallest absolute Gasteiger partial charge is 0.391 e. The van der Waals surface area contributed by atoms with E-state index in [9.17, 15) is 32.7 Å². The second-order valence-electron chi connectivity index (χ2n) is 11.3. The number of amides is 3. The molecule has 0 aliphatic heterocycles. The maximum absolute atomic E-state index is 14.0. The number of aliphatic hydroxyl groups excluding tert-OH is 1. The zero-order valence-corrected chi connectivity index (χ0v) is 25.1. The van der Waals surface area contributed by atoms with Gasteiger partial charge < -0.3 is 26.8 Å². The standard InChI is InChI=1S/C33H41F3N4O4/c1-3-13-40(14-4-2)30(43)25-17-24(29(38)42)18-32(19-25,31(44)39-21-22-9-6-5-7-10-22)20-28(41)27(37)16-23-11-8-12-26(15-23)33(34,35)36/h5-12,15,17-18,27-28,41H,3-4,13-14,16,19-21,37H2,1-2H3,(H2,38,42)(H,39,44)/t27-,28+,32?/m0/s1. The quantitative estimate of drug-likeness (QED) is 0.255. The first kappa shape index (κ1) is 34.5. The summed E-state index contributed by atoms with van der Waals surface area (Å²) in [5.41, 5.74) is 10.7. The number of hydrogen-bond acceptors (Lipinski definition) is 5. The molecule has 0 radical (unpaired) electrons. The summed E-state index contributed by atoms with van der Waals surface area (Å²) >= 11 is 0. The van der Waals surface area contributed by atoms with E-state index in [1.165, 1.54) is 24.3 Å². The van der Waals surface area contributed by atoms with Crippen LogP contribution in [0.25, 0.3) is 0 Å². The summed E-state index contributed by atoms with van der Waals surface area (Å²) in [6, 6.07) is 12.7. The van der Waals surface area contributed by atoms with Gasteiger partial charge in [-0.15, -0.1) is 0 Å². The molecule has 1 aliphatic rings. The van der Waals surface area contributed by atoms with Crippen LogP contribution in [0.15, 0.2) is 77.9 Å². The predicted molar refractivity (Wildman–Crippen MR) is 162 cm³/mol.